The number of unbranched alkanes of at least 4 members (excludes halogenated alkanes) is 1. The molecule has 0 N–H and O–H groups in total. The summed E-state index contributed by atoms with van der Waals surface area (Å²) in [5, 5.41) is 0. The van der Waals surface area contributed by atoms with Crippen LogP contribution in [0.1, 0.15) is 40.5 Å². The molecule has 0 aromatic carbocycles. The fourth-order valence-corrected chi connectivity index (χ4v) is 3.44. The lowest BCUT2D eigenvalue weighted by Crippen LogP contribution is -2.37. The van der Waals surface area contributed by atoms with Crippen LogP contribution in [0.3, 0.4) is 0 Å². The molecule has 0 spiro atoms. The summed E-state index contributed by atoms with van der Waals surface area (Å²) in [6.45, 7) is 10.1. The van der Waals surface area contributed by atoms with Gasteiger partial charge in [0.15, 0.2) is 11.4 Å². The Bertz CT molecular complexity index is 192. The first-order chi connectivity index (χ1) is 7.49. The Morgan fingerprint density at radius 2 is 1.75 bits per heavy atom. The van der Waals surface area contributed by atoms with Gasteiger partial charge in [0.1, 0.15) is 0 Å². The Hall–Kier alpha value is 0.370. The van der Waals surface area contributed by atoms with Crippen molar-refractivity contribution >= 4 is 18.6 Å². The zero-order valence-corrected chi connectivity index (χ0v) is 12.8. The molecule has 96 valence electrons. The zero-order valence-electron chi connectivity index (χ0n) is 11.1. The lowest BCUT2D eigenvalue weighted by atomic mass is 10.2. The molecule has 0 amide bonds. The Morgan fingerprint density at radius 1 is 1.19 bits per heavy atom. The Kier molecular flexibility index (Phi) is 9.62. The molecule has 16 heavy (non-hydrogen) atoms. The lowest BCUT2D eigenvalue weighted by Gasteiger charge is -2.30. The molecule has 0 saturated carbocycles. The van der Waals surface area contributed by atoms with Crippen LogP contribution in [0.4, 0.5) is 0 Å². The molecule has 3 nitrogen and oxygen atoms in total. The Balaban J connectivity index is 3.59. The highest BCUT2D eigenvalue weighted by atomic mass is 32.7. The van der Waals surface area contributed by atoms with E-state index in [9.17, 15) is 4.57 Å². The zero-order chi connectivity index (χ0) is 12.6. The molecule has 0 aliphatic heterocycles. The highest BCUT2D eigenvalue weighted by molar-refractivity contribution is 8.50. The summed E-state index contributed by atoms with van der Waals surface area (Å²) >= 11 is 1.41. The molecule has 0 rings (SSSR count). The van der Waals surface area contributed by atoms with Crippen molar-refractivity contribution in [3.8, 4) is 0 Å². The second kappa shape index (κ2) is 9.41. The second-order valence-corrected chi connectivity index (χ2v) is 7.52. The lowest BCUT2D eigenvalue weighted by molar-refractivity contribution is 0.173. The van der Waals surface area contributed by atoms with Gasteiger partial charge in [-0.2, -0.15) is 0 Å². The molecule has 0 saturated heterocycles. The van der Waals surface area contributed by atoms with E-state index in [1.165, 1.54) is 18.5 Å². The average Bonchev–Trinajstić information content (AvgIpc) is 2.21. The van der Waals surface area contributed by atoms with Gasteiger partial charge in [-0.3, -0.25) is 4.90 Å². The first-order valence-corrected chi connectivity index (χ1v) is 8.65. The minimum absolute atomic E-state index is 0.600. The van der Waals surface area contributed by atoms with Crippen molar-refractivity contribution in [1.29, 1.82) is 0 Å². The Morgan fingerprint density at radius 3 is 2.19 bits per heavy atom. The third kappa shape index (κ3) is 7.61. The summed E-state index contributed by atoms with van der Waals surface area (Å²) < 4.78 is 15.7. The summed E-state index contributed by atoms with van der Waals surface area (Å²) in [7, 11) is 0.00891. The number of rotatable bonds is 9. The molecule has 0 aromatic heterocycles. The second-order valence-electron chi connectivity index (χ2n) is 4.37. The van der Waals surface area contributed by atoms with E-state index in [0.717, 1.165) is 25.1 Å². The molecule has 0 fully saturated rings. The van der Waals surface area contributed by atoms with Gasteiger partial charge >= 0.3 is 7.23 Å². The van der Waals surface area contributed by atoms with Gasteiger partial charge in [-0.15, -0.1) is 4.52 Å². The van der Waals surface area contributed by atoms with E-state index in [2.05, 4.69) is 32.6 Å². The van der Waals surface area contributed by atoms with E-state index in [4.69, 9.17) is 4.52 Å². The maximum Gasteiger partial charge on any atom is 0.585 e. The van der Waals surface area contributed by atoms with E-state index in [1.54, 1.807) is 0 Å². The molecule has 0 bridgehead atoms. The summed E-state index contributed by atoms with van der Waals surface area (Å²) in [5.41, 5.74) is 0. The largest absolute Gasteiger partial charge is 0.585 e. The topological polar surface area (TPSA) is 29.5 Å². The molecule has 0 heterocycles. The van der Waals surface area contributed by atoms with Gasteiger partial charge in [0.2, 0.25) is 0 Å². The quantitative estimate of drug-likeness (QED) is 0.467. The van der Waals surface area contributed by atoms with Crippen LogP contribution in [0, 0.1) is 0 Å². The number of hydrogen-bond donors (Lipinski definition) is 0. The van der Waals surface area contributed by atoms with Gasteiger partial charge in [-0.25, -0.2) is 0 Å². The molecular formula is C11H25NO2PS+. The normalized spacial score (nSPS) is 12.9. The summed E-state index contributed by atoms with van der Waals surface area (Å²) in [4.78, 5) is 2.49. The minimum Gasteiger partial charge on any atom is -0.299 e. The van der Waals surface area contributed by atoms with Crippen molar-refractivity contribution in [1.82, 2.24) is 4.90 Å². The van der Waals surface area contributed by atoms with E-state index in [1.807, 2.05) is 0 Å². The van der Waals surface area contributed by atoms with Gasteiger partial charge in [-0.1, -0.05) is 0 Å². The molecule has 0 aromatic rings. The van der Waals surface area contributed by atoms with E-state index in [-0.39, 0.29) is 0 Å². The molecule has 1 unspecified atom stereocenters. The third-order valence-electron chi connectivity index (χ3n) is 2.48. The number of nitrogens with zero attached hydrogens (tertiary/aromatic N) is 1. The predicted octanol–water partition coefficient (Wildman–Crippen LogP) is 3.92. The molecule has 0 aliphatic rings. The van der Waals surface area contributed by atoms with Crippen molar-refractivity contribution in [2.45, 2.75) is 52.6 Å². The fourth-order valence-electron chi connectivity index (χ4n) is 1.70. The van der Waals surface area contributed by atoms with Crippen LogP contribution in [0.25, 0.3) is 0 Å². The third-order valence-corrected chi connectivity index (χ3v) is 5.09. The van der Waals surface area contributed by atoms with Gasteiger partial charge in [0, 0.05) is 17.8 Å². The van der Waals surface area contributed by atoms with Crippen molar-refractivity contribution in [3.63, 3.8) is 0 Å². The molecule has 0 radical (unpaired) electrons. The van der Waals surface area contributed by atoms with Crippen LogP contribution in [0.15, 0.2) is 0 Å². The first-order valence-electron chi connectivity index (χ1n) is 5.89. The van der Waals surface area contributed by atoms with E-state index in [0.29, 0.717) is 12.1 Å². The van der Waals surface area contributed by atoms with E-state index >= 15 is 0 Å². The minimum atomic E-state index is -1.48. The van der Waals surface area contributed by atoms with Crippen molar-refractivity contribution < 1.29 is 9.09 Å². The van der Waals surface area contributed by atoms with Crippen molar-refractivity contribution in [3.05, 3.63) is 0 Å². The predicted molar refractivity (Wildman–Crippen MR) is 73.3 cm³/mol. The molecule has 0 aliphatic carbocycles. The maximum atomic E-state index is 11.0. The van der Waals surface area contributed by atoms with Gasteiger partial charge in [-0.05, 0) is 51.6 Å². The summed E-state index contributed by atoms with van der Waals surface area (Å²) in [6, 6.07) is 1.20. The first kappa shape index (κ1) is 16.4. The van der Waals surface area contributed by atoms with Crippen LogP contribution in [-0.2, 0) is 9.09 Å². The fraction of sp³-hybridized carbons (Fsp3) is 1.00. The highest BCUT2D eigenvalue weighted by Gasteiger charge is 2.17. The maximum absolute atomic E-state index is 11.0. The average molecular weight is 266 g/mol. The standard InChI is InChI=1S/C11H25NO2PS/c1-10(2)12(11(3)4)8-6-7-9-16-15(13)14-5/h10-11H,6-9H2,1-5H3/q+1. The van der Waals surface area contributed by atoms with Crippen molar-refractivity contribution in [2.24, 2.45) is 0 Å². The van der Waals surface area contributed by atoms with Crippen LogP contribution >= 0.6 is 18.6 Å². The van der Waals surface area contributed by atoms with Gasteiger partial charge < -0.3 is 0 Å². The smallest absolute Gasteiger partial charge is 0.299 e. The summed E-state index contributed by atoms with van der Waals surface area (Å²) in [6.07, 6.45) is 2.27. The van der Waals surface area contributed by atoms with Crippen LogP contribution in [-0.4, -0.2) is 36.4 Å². The molecular weight excluding hydrogens is 241 g/mol. The monoisotopic (exact) mass is 266 g/mol. The van der Waals surface area contributed by atoms with Crippen LogP contribution in [0.5, 0.6) is 0 Å². The Labute approximate surface area is 105 Å². The molecule has 1 atom stereocenters. The van der Waals surface area contributed by atoms with Crippen molar-refractivity contribution in [2.75, 3.05) is 19.4 Å². The molecule has 5 heteroatoms. The van der Waals surface area contributed by atoms with Gasteiger partial charge in [0.25, 0.3) is 0 Å². The summed E-state index contributed by atoms with van der Waals surface area (Å²) in [5.74, 6) is 0.924. The SMILES string of the molecule is CO[P+](=O)SCCCCN(C(C)C)C(C)C. The van der Waals surface area contributed by atoms with E-state index < -0.39 is 7.23 Å². The highest BCUT2D eigenvalue weighted by Crippen LogP contribution is 2.38. The van der Waals surface area contributed by atoms with Crippen LogP contribution < -0.4 is 0 Å². The van der Waals surface area contributed by atoms with Crippen LogP contribution in [0.2, 0.25) is 0 Å². The van der Waals surface area contributed by atoms with Gasteiger partial charge in [0.05, 0.1) is 7.11 Å². The number of hydrogen-bond acceptors (Lipinski definition) is 4.